The van der Waals surface area contributed by atoms with Crippen LogP contribution in [0.1, 0.15) is 11.7 Å². The van der Waals surface area contributed by atoms with E-state index >= 15 is 0 Å². The molecule has 0 bridgehead atoms. The Morgan fingerprint density at radius 1 is 1.24 bits per heavy atom. The molecule has 1 aromatic carbocycles. The molecule has 1 unspecified atom stereocenters. The van der Waals surface area contributed by atoms with Crippen LogP contribution in [0.15, 0.2) is 42.6 Å². The Bertz CT molecular complexity index is 622. The van der Waals surface area contributed by atoms with Gasteiger partial charge in [0, 0.05) is 11.2 Å². The maximum Gasteiger partial charge on any atom is 0.172 e. The van der Waals surface area contributed by atoms with Crippen molar-refractivity contribution in [3.63, 3.8) is 0 Å². The first-order chi connectivity index (χ1) is 10.0. The molecule has 21 heavy (non-hydrogen) atoms. The number of rotatable bonds is 4. The third kappa shape index (κ3) is 5.12. The van der Waals surface area contributed by atoms with Crippen LogP contribution in [0.25, 0.3) is 0 Å². The Morgan fingerprint density at radius 2 is 2.05 bits per heavy atom. The van der Waals surface area contributed by atoms with E-state index in [0.717, 1.165) is 0 Å². The van der Waals surface area contributed by atoms with Gasteiger partial charge >= 0.3 is 0 Å². The average molecular weight is 344 g/mol. The van der Waals surface area contributed by atoms with Gasteiger partial charge in [-0.1, -0.05) is 35.3 Å². The molecule has 2 rings (SSSR count). The summed E-state index contributed by atoms with van der Waals surface area (Å²) in [4.78, 5) is 4.03. The van der Waals surface area contributed by atoms with Gasteiger partial charge in [-0.25, -0.2) is 9.37 Å². The van der Waals surface area contributed by atoms with E-state index in [9.17, 15) is 4.39 Å². The first-order valence-electron chi connectivity index (χ1n) is 6.10. The van der Waals surface area contributed by atoms with E-state index in [1.54, 1.807) is 36.4 Å². The number of alkyl halides is 1. The molecule has 110 valence electrons. The molecule has 1 heterocycles. The number of hydrogen-bond donors (Lipinski definition) is 2. The van der Waals surface area contributed by atoms with Crippen LogP contribution in [0, 0.1) is 0 Å². The lowest BCUT2D eigenvalue weighted by atomic mass is 10.1. The Hall–Kier alpha value is -1.43. The van der Waals surface area contributed by atoms with Crippen molar-refractivity contribution in [2.45, 2.75) is 6.17 Å². The van der Waals surface area contributed by atoms with Gasteiger partial charge in [-0.3, -0.25) is 0 Å². The van der Waals surface area contributed by atoms with E-state index < -0.39 is 6.17 Å². The molecule has 0 saturated carbocycles. The van der Waals surface area contributed by atoms with E-state index in [1.807, 2.05) is 0 Å². The van der Waals surface area contributed by atoms with E-state index in [0.29, 0.717) is 21.4 Å². The number of aromatic nitrogens is 1. The predicted octanol–water partition coefficient (Wildman–Crippen LogP) is 4.39. The highest BCUT2D eigenvalue weighted by atomic mass is 35.5. The standard InChI is InChI=1S/C14H12Cl2FN3S/c15-10-3-1-2-9(6-10)12(17)8-19-14(21)20-13-5-4-11(16)7-18-13/h1-7,12H,8H2,(H2,18,19,20,21). The molecule has 1 aromatic heterocycles. The highest BCUT2D eigenvalue weighted by Gasteiger charge is 2.10. The summed E-state index contributed by atoms with van der Waals surface area (Å²) in [5, 5.41) is 6.96. The second-order valence-corrected chi connectivity index (χ2v) is 5.50. The van der Waals surface area contributed by atoms with Crippen molar-refractivity contribution in [2.75, 3.05) is 11.9 Å². The second kappa shape index (κ2) is 7.54. The van der Waals surface area contributed by atoms with Crippen molar-refractivity contribution in [1.82, 2.24) is 10.3 Å². The van der Waals surface area contributed by atoms with Crippen molar-refractivity contribution >= 4 is 46.4 Å². The van der Waals surface area contributed by atoms with Crippen molar-refractivity contribution in [1.29, 1.82) is 0 Å². The summed E-state index contributed by atoms with van der Waals surface area (Å²) in [5.41, 5.74) is 0.502. The SMILES string of the molecule is FC(CNC(=S)Nc1ccc(Cl)cn1)c1cccc(Cl)c1. The Morgan fingerprint density at radius 3 is 2.71 bits per heavy atom. The zero-order chi connectivity index (χ0) is 15.2. The van der Waals surface area contributed by atoms with Gasteiger partial charge in [0.25, 0.3) is 0 Å². The number of benzene rings is 1. The quantitative estimate of drug-likeness (QED) is 0.807. The maximum absolute atomic E-state index is 14.0. The van der Waals surface area contributed by atoms with Gasteiger partial charge in [0.15, 0.2) is 5.11 Å². The molecule has 0 fully saturated rings. The van der Waals surface area contributed by atoms with Crippen LogP contribution in [0.3, 0.4) is 0 Å². The minimum atomic E-state index is -1.21. The molecule has 2 aromatic rings. The van der Waals surface area contributed by atoms with E-state index in [1.165, 1.54) is 6.20 Å². The predicted molar refractivity (Wildman–Crippen MR) is 88.8 cm³/mol. The van der Waals surface area contributed by atoms with Gasteiger partial charge < -0.3 is 10.6 Å². The largest absolute Gasteiger partial charge is 0.359 e. The molecule has 0 aliphatic carbocycles. The minimum Gasteiger partial charge on any atom is -0.359 e. The van der Waals surface area contributed by atoms with Gasteiger partial charge in [-0.2, -0.15) is 0 Å². The van der Waals surface area contributed by atoms with Crippen molar-refractivity contribution in [2.24, 2.45) is 0 Å². The molecular weight excluding hydrogens is 332 g/mol. The van der Waals surface area contributed by atoms with E-state index in [-0.39, 0.29) is 11.7 Å². The maximum atomic E-state index is 14.0. The molecule has 7 heteroatoms. The smallest absolute Gasteiger partial charge is 0.172 e. The number of thiocarbonyl (C=S) groups is 1. The summed E-state index contributed by atoms with van der Waals surface area (Å²) in [7, 11) is 0. The zero-order valence-corrected chi connectivity index (χ0v) is 13.1. The lowest BCUT2D eigenvalue weighted by molar-refractivity contribution is 0.343. The lowest BCUT2D eigenvalue weighted by Crippen LogP contribution is -2.31. The van der Waals surface area contributed by atoms with E-state index in [2.05, 4.69) is 15.6 Å². The molecule has 3 nitrogen and oxygen atoms in total. The molecule has 0 amide bonds. The first kappa shape index (κ1) is 15.9. The van der Waals surface area contributed by atoms with Gasteiger partial charge in [0.05, 0.1) is 11.6 Å². The summed E-state index contributed by atoms with van der Waals surface area (Å²) in [6, 6.07) is 10.0. The summed E-state index contributed by atoms with van der Waals surface area (Å²) in [5.74, 6) is 0.537. The first-order valence-corrected chi connectivity index (χ1v) is 7.27. The fourth-order valence-corrected chi connectivity index (χ4v) is 2.11. The molecule has 0 aliphatic heterocycles. The highest BCUT2D eigenvalue weighted by molar-refractivity contribution is 7.80. The molecule has 0 saturated heterocycles. The van der Waals surface area contributed by atoms with Crippen LogP contribution in [0.2, 0.25) is 10.0 Å². The van der Waals surface area contributed by atoms with Gasteiger partial charge in [0.2, 0.25) is 0 Å². The number of nitrogens with one attached hydrogen (secondary N) is 2. The molecule has 0 aliphatic rings. The molecule has 2 N–H and O–H groups in total. The minimum absolute atomic E-state index is 0.0414. The summed E-state index contributed by atoms with van der Waals surface area (Å²) in [6.45, 7) is 0.0414. The fraction of sp³-hybridized carbons (Fsp3) is 0.143. The van der Waals surface area contributed by atoms with Gasteiger partial charge in [-0.15, -0.1) is 0 Å². The topological polar surface area (TPSA) is 37.0 Å². The van der Waals surface area contributed by atoms with Crippen LogP contribution in [0.5, 0.6) is 0 Å². The van der Waals surface area contributed by atoms with Gasteiger partial charge in [-0.05, 0) is 42.0 Å². The molecule has 0 spiro atoms. The van der Waals surface area contributed by atoms with Crippen LogP contribution < -0.4 is 10.6 Å². The number of pyridine rings is 1. The van der Waals surface area contributed by atoms with Crippen LogP contribution in [-0.2, 0) is 0 Å². The van der Waals surface area contributed by atoms with Crippen molar-refractivity contribution in [3.05, 3.63) is 58.2 Å². The Kier molecular flexibility index (Phi) is 5.73. The normalized spacial score (nSPS) is 11.8. The van der Waals surface area contributed by atoms with Gasteiger partial charge in [0.1, 0.15) is 12.0 Å². The summed E-state index contributed by atoms with van der Waals surface area (Å²) in [6.07, 6.45) is 0.290. The number of nitrogens with zero attached hydrogens (tertiary/aromatic N) is 1. The van der Waals surface area contributed by atoms with Crippen molar-refractivity contribution < 1.29 is 4.39 Å². The molecule has 1 atom stereocenters. The summed E-state index contributed by atoms with van der Waals surface area (Å²) >= 11 is 16.6. The molecule has 0 radical (unpaired) electrons. The fourth-order valence-electron chi connectivity index (χ4n) is 1.61. The highest BCUT2D eigenvalue weighted by Crippen LogP contribution is 2.20. The van der Waals surface area contributed by atoms with Crippen LogP contribution >= 0.6 is 35.4 Å². The number of halogens is 3. The number of hydrogen-bond acceptors (Lipinski definition) is 2. The summed E-state index contributed by atoms with van der Waals surface area (Å²) < 4.78 is 14.0. The third-order valence-corrected chi connectivity index (χ3v) is 3.33. The van der Waals surface area contributed by atoms with Crippen LogP contribution in [-0.4, -0.2) is 16.6 Å². The average Bonchev–Trinajstić information content (AvgIpc) is 2.47. The third-order valence-electron chi connectivity index (χ3n) is 2.62. The monoisotopic (exact) mass is 343 g/mol. The Balaban J connectivity index is 1.84. The lowest BCUT2D eigenvalue weighted by Gasteiger charge is -2.13. The van der Waals surface area contributed by atoms with Crippen molar-refractivity contribution in [3.8, 4) is 0 Å². The zero-order valence-electron chi connectivity index (χ0n) is 10.8. The second-order valence-electron chi connectivity index (χ2n) is 4.22. The number of anilines is 1. The van der Waals surface area contributed by atoms with Crippen LogP contribution in [0.4, 0.5) is 10.2 Å². The Labute approximate surface area is 137 Å². The molecular formula is C14H12Cl2FN3S. The van der Waals surface area contributed by atoms with E-state index in [4.69, 9.17) is 35.4 Å².